The van der Waals surface area contributed by atoms with E-state index in [1.165, 1.54) is 12.1 Å². The maximum atomic E-state index is 15.0. The average molecular weight is 395 g/mol. The fourth-order valence-corrected chi connectivity index (χ4v) is 3.96. The molecule has 29 heavy (non-hydrogen) atoms. The largest absolute Gasteiger partial charge is 0.364 e. The Morgan fingerprint density at radius 2 is 1.72 bits per heavy atom. The number of piperidine rings is 1. The number of hydrogen-bond donors (Lipinski definition) is 1. The summed E-state index contributed by atoms with van der Waals surface area (Å²) in [5.41, 5.74) is 2.14. The van der Waals surface area contributed by atoms with Crippen molar-refractivity contribution in [1.82, 2.24) is 15.0 Å². The van der Waals surface area contributed by atoms with E-state index in [0.717, 1.165) is 35.5 Å². The van der Waals surface area contributed by atoms with Crippen LogP contribution in [0.3, 0.4) is 0 Å². The summed E-state index contributed by atoms with van der Waals surface area (Å²) in [4.78, 5) is 15.9. The Morgan fingerprint density at radius 1 is 0.966 bits per heavy atom. The van der Waals surface area contributed by atoms with Gasteiger partial charge in [0.15, 0.2) is 11.6 Å². The number of hydrogen-bond acceptors (Lipinski definition) is 5. The molecule has 5 nitrogen and oxygen atoms in total. The summed E-state index contributed by atoms with van der Waals surface area (Å²) in [6.07, 6.45) is 6.11. The van der Waals surface area contributed by atoms with Crippen molar-refractivity contribution in [1.29, 1.82) is 0 Å². The zero-order chi connectivity index (χ0) is 19.8. The third-order valence-corrected chi connectivity index (χ3v) is 5.81. The molecular weight excluding hydrogens is 372 g/mol. The summed E-state index contributed by atoms with van der Waals surface area (Å²) < 4.78 is 28.1. The van der Waals surface area contributed by atoms with Crippen molar-refractivity contribution in [2.45, 2.75) is 37.9 Å². The Balaban J connectivity index is 1.34. The van der Waals surface area contributed by atoms with Crippen molar-refractivity contribution < 1.29 is 8.78 Å². The van der Waals surface area contributed by atoms with Crippen LogP contribution in [0.5, 0.6) is 0 Å². The van der Waals surface area contributed by atoms with E-state index in [-0.39, 0.29) is 11.7 Å². The van der Waals surface area contributed by atoms with Crippen LogP contribution in [0, 0.1) is 11.7 Å². The van der Waals surface area contributed by atoms with Crippen LogP contribution in [-0.2, 0) is 0 Å². The highest BCUT2D eigenvalue weighted by Crippen LogP contribution is 2.37. The first-order valence-electron chi connectivity index (χ1n) is 10.2. The van der Waals surface area contributed by atoms with Crippen molar-refractivity contribution in [3.63, 3.8) is 0 Å². The lowest BCUT2D eigenvalue weighted by molar-refractivity contribution is 0.198. The van der Waals surface area contributed by atoms with Crippen molar-refractivity contribution in [2.75, 3.05) is 23.3 Å². The number of nitrogens with zero attached hydrogens (tertiary/aromatic N) is 4. The average Bonchev–Trinajstić information content (AvgIpc) is 3.57. The van der Waals surface area contributed by atoms with E-state index in [0.29, 0.717) is 37.5 Å². The second kappa shape index (κ2) is 7.54. The van der Waals surface area contributed by atoms with Crippen molar-refractivity contribution in [2.24, 2.45) is 5.92 Å². The molecular formula is C22H23F2N5. The van der Waals surface area contributed by atoms with E-state index < -0.39 is 6.17 Å². The number of nitrogens with one attached hydrogen (secondary N) is 1. The van der Waals surface area contributed by atoms with E-state index in [2.05, 4.69) is 15.2 Å². The van der Waals surface area contributed by atoms with Crippen LogP contribution in [-0.4, -0.2) is 34.1 Å². The Bertz CT molecular complexity index is 998. The molecule has 1 saturated heterocycles. The van der Waals surface area contributed by atoms with Gasteiger partial charge in [-0.05, 0) is 55.4 Å². The van der Waals surface area contributed by atoms with Crippen molar-refractivity contribution in [3.8, 4) is 0 Å². The fraction of sp³-hybridized carbons (Fsp3) is 0.409. The second-order valence-corrected chi connectivity index (χ2v) is 7.96. The lowest BCUT2D eigenvalue weighted by Crippen LogP contribution is -2.36. The Hall–Kier alpha value is -2.83. The molecule has 1 saturated carbocycles. The van der Waals surface area contributed by atoms with Gasteiger partial charge < -0.3 is 10.2 Å². The summed E-state index contributed by atoms with van der Waals surface area (Å²) in [6, 6.07) is 8.08. The first-order chi connectivity index (χ1) is 14.2. The number of pyridine rings is 1. The van der Waals surface area contributed by atoms with Crippen LogP contribution in [0.15, 0.2) is 42.7 Å². The zero-order valence-electron chi connectivity index (χ0n) is 16.1. The predicted octanol–water partition coefficient (Wildman–Crippen LogP) is 4.67. The minimum absolute atomic E-state index is 0.0772. The number of benzene rings is 1. The highest BCUT2D eigenvalue weighted by molar-refractivity contribution is 5.80. The number of anilines is 2. The SMILES string of the molecule is Fc1ccc(C(F)C2CCN(c3nc4cnccc4nc3NC3CC3)CC2)cc1. The van der Waals surface area contributed by atoms with Gasteiger partial charge in [0.25, 0.3) is 0 Å². The molecule has 0 spiro atoms. The highest BCUT2D eigenvalue weighted by atomic mass is 19.1. The minimum Gasteiger partial charge on any atom is -0.364 e. The van der Waals surface area contributed by atoms with Crippen LogP contribution < -0.4 is 10.2 Å². The highest BCUT2D eigenvalue weighted by Gasteiger charge is 2.30. The number of alkyl halides is 1. The molecule has 2 fully saturated rings. The number of rotatable bonds is 5. The molecule has 0 bridgehead atoms. The molecule has 2 aliphatic rings. The molecule has 1 aliphatic carbocycles. The molecule has 5 rings (SSSR count). The van der Waals surface area contributed by atoms with E-state index in [4.69, 9.17) is 9.97 Å². The zero-order valence-corrected chi connectivity index (χ0v) is 16.1. The third-order valence-electron chi connectivity index (χ3n) is 5.81. The molecule has 1 N–H and O–H groups in total. The normalized spacial score (nSPS) is 18.8. The van der Waals surface area contributed by atoms with Gasteiger partial charge in [-0.25, -0.2) is 18.7 Å². The quantitative estimate of drug-likeness (QED) is 0.681. The summed E-state index contributed by atoms with van der Waals surface area (Å²) >= 11 is 0. The van der Waals surface area contributed by atoms with E-state index >= 15 is 0 Å². The minimum atomic E-state index is -1.08. The van der Waals surface area contributed by atoms with Crippen LogP contribution in [0.4, 0.5) is 20.4 Å². The molecule has 0 amide bonds. The summed E-state index contributed by atoms with van der Waals surface area (Å²) in [7, 11) is 0. The lowest BCUT2D eigenvalue weighted by Gasteiger charge is -2.35. The van der Waals surface area contributed by atoms with Gasteiger partial charge in [-0.1, -0.05) is 12.1 Å². The van der Waals surface area contributed by atoms with E-state index in [1.54, 1.807) is 24.5 Å². The van der Waals surface area contributed by atoms with Gasteiger partial charge in [0.2, 0.25) is 0 Å². The fourth-order valence-electron chi connectivity index (χ4n) is 3.96. The summed E-state index contributed by atoms with van der Waals surface area (Å²) in [5, 5.41) is 3.49. The molecule has 3 aromatic rings. The molecule has 2 aromatic heterocycles. The van der Waals surface area contributed by atoms with Crippen molar-refractivity contribution in [3.05, 3.63) is 54.1 Å². The molecule has 150 valence electrons. The molecule has 1 unspecified atom stereocenters. The topological polar surface area (TPSA) is 53.9 Å². The number of fused-ring (bicyclic) bond motifs is 1. The molecule has 3 heterocycles. The van der Waals surface area contributed by atoms with Crippen LogP contribution in [0.25, 0.3) is 11.0 Å². The van der Waals surface area contributed by atoms with Gasteiger partial charge in [0.05, 0.1) is 11.7 Å². The van der Waals surface area contributed by atoms with Crippen LogP contribution in [0.2, 0.25) is 0 Å². The first-order valence-corrected chi connectivity index (χ1v) is 10.2. The van der Waals surface area contributed by atoms with Gasteiger partial charge in [-0.2, -0.15) is 0 Å². The molecule has 0 radical (unpaired) electrons. The molecule has 1 aromatic carbocycles. The van der Waals surface area contributed by atoms with E-state index in [9.17, 15) is 8.78 Å². The first kappa shape index (κ1) is 18.2. The summed E-state index contributed by atoms with van der Waals surface area (Å²) in [5.74, 6) is 1.22. The maximum absolute atomic E-state index is 15.0. The van der Waals surface area contributed by atoms with Gasteiger partial charge in [-0.3, -0.25) is 4.98 Å². The van der Waals surface area contributed by atoms with Gasteiger partial charge in [0.1, 0.15) is 17.5 Å². The lowest BCUT2D eigenvalue weighted by atomic mass is 9.88. The Labute approximate surface area is 168 Å². The van der Waals surface area contributed by atoms with Gasteiger partial charge in [0, 0.05) is 25.3 Å². The Morgan fingerprint density at radius 3 is 2.45 bits per heavy atom. The predicted molar refractivity (Wildman–Crippen MR) is 109 cm³/mol. The summed E-state index contributed by atoms with van der Waals surface area (Å²) in [6.45, 7) is 1.43. The second-order valence-electron chi connectivity index (χ2n) is 7.96. The molecule has 1 atom stereocenters. The molecule has 7 heteroatoms. The van der Waals surface area contributed by atoms with Crippen molar-refractivity contribution >= 4 is 22.7 Å². The monoisotopic (exact) mass is 395 g/mol. The smallest absolute Gasteiger partial charge is 0.172 e. The van der Waals surface area contributed by atoms with Gasteiger partial charge in [-0.15, -0.1) is 0 Å². The number of aromatic nitrogens is 3. The third kappa shape index (κ3) is 3.86. The maximum Gasteiger partial charge on any atom is 0.172 e. The molecule has 1 aliphatic heterocycles. The number of halogens is 2. The standard InChI is InChI=1S/C22H23F2N5/c23-16-3-1-14(2-4-16)20(24)15-8-11-29(12-9-15)22-21(26-17-5-6-17)27-18-7-10-25-13-19(18)28-22/h1-4,7,10,13,15,17,20H,5-6,8-9,11-12H2,(H,26,27). The Kier molecular flexibility index (Phi) is 4.73. The van der Waals surface area contributed by atoms with Gasteiger partial charge >= 0.3 is 0 Å². The van der Waals surface area contributed by atoms with Crippen LogP contribution >= 0.6 is 0 Å². The van der Waals surface area contributed by atoms with Crippen LogP contribution in [0.1, 0.15) is 37.4 Å². The van der Waals surface area contributed by atoms with E-state index in [1.807, 2.05) is 6.07 Å².